The first-order valence-electron chi connectivity index (χ1n) is 15.8. The minimum Gasteiger partial charge on any atom is -0.545 e. The van der Waals surface area contributed by atoms with Crippen LogP contribution in [-0.4, -0.2) is 39.1 Å². The lowest BCUT2D eigenvalue weighted by Gasteiger charge is -2.32. The van der Waals surface area contributed by atoms with Gasteiger partial charge in [-0.1, -0.05) is 79.5 Å². The van der Waals surface area contributed by atoms with Crippen molar-refractivity contribution >= 4 is 67.9 Å². The Hall–Kier alpha value is -4.59. The minimum absolute atomic E-state index is 0.0438. The number of likely N-dealkylation sites (N-methyl/N-ethyl adjacent to an activating group) is 2. The number of anilines is 1. The Morgan fingerprint density at radius 2 is 1.46 bits per heavy atom. The van der Waals surface area contributed by atoms with E-state index in [2.05, 4.69) is 51.3 Å². The van der Waals surface area contributed by atoms with Crippen LogP contribution in [0.25, 0.3) is 27.1 Å². The van der Waals surface area contributed by atoms with Gasteiger partial charge in [-0.25, -0.2) is 4.58 Å². The van der Waals surface area contributed by atoms with Crippen molar-refractivity contribution in [2.45, 2.75) is 38.5 Å². The molecular weight excluding hydrogens is 647 g/mol. The highest BCUT2D eigenvalue weighted by molar-refractivity contribution is 6.40. The van der Waals surface area contributed by atoms with E-state index in [0.717, 1.165) is 62.9 Å². The molecule has 8 rings (SSSR count). The van der Waals surface area contributed by atoms with Crippen molar-refractivity contribution < 1.29 is 24.5 Å². The minimum atomic E-state index is -1.58. The monoisotopic (exact) mass is 677 g/mol. The van der Waals surface area contributed by atoms with Crippen LogP contribution in [0.1, 0.15) is 70.7 Å². The van der Waals surface area contributed by atoms with Gasteiger partial charge in [0.15, 0.2) is 6.54 Å². The Morgan fingerprint density at radius 3 is 2.10 bits per heavy atom. The summed E-state index contributed by atoms with van der Waals surface area (Å²) < 4.78 is 9.53. The zero-order valence-corrected chi connectivity index (χ0v) is 28.8. The molecule has 0 amide bonds. The number of benzene rings is 5. The van der Waals surface area contributed by atoms with Gasteiger partial charge in [-0.05, 0) is 36.8 Å². The topological polar surface area (TPSA) is 95.7 Å². The predicted molar refractivity (Wildman–Crippen MR) is 185 cm³/mol. The zero-order chi connectivity index (χ0) is 34.2. The third kappa shape index (κ3) is 3.92. The number of carbonyl (C=O) groups is 2. The van der Waals surface area contributed by atoms with Crippen molar-refractivity contribution in [3.05, 3.63) is 109 Å². The number of carboxylic acid groups (broad SMARTS) is 2. The molecule has 5 aromatic carbocycles. The Bertz CT molecular complexity index is 2500. The van der Waals surface area contributed by atoms with E-state index >= 15 is 0 Å². The van der Waals surface area contributed by atoms with Crippen molar-refractivity contribution in [2.75, 3.05) is 32.1 Å². The maximum atomic E-state index is 13.1. The molecule has 0 saturated heterocycles. The van der Waals surface area contributed by atoms with Gasteiger partial charge in [0, 0.05) is 63.0 Å². The smallest absolute Gasteiger partial charge is 0.215 e. The molecular formula is C39H31Cl2N2O5-. The van der Waals surface area contributed by atoms with Crippen LogP contribution >= 0.6 is 23.2 Å². The van der Waals surface area contributed by atoms with Gasteiger partial charge in [0.05, 0.1) is 44.0 Å². The zero-order valence-electron chi connectivity index (χ0n) is 27.3. The number of carboxylic acids is 2. The molecule has 0 saturated carbocycles. The molecule has 242 valence electrons. The fourth-order valence-corrected chi connectivity index (χ4v) is 9.33. The van der Waals surface area contributed by atoms with E-state index in [0.29, 0.717) is 27.9 Å². The van der Waals surface area contributed by atoms with E-state index in [-0.39, 0.29) is 26.4 Å². The van der Waals surface area contributed by atoms with Crippen LogP contribution in [0.5, 0.6) is 11.5 Å². The van der Waals surface area contributed by atoms with E-state index in [1.165, 1.54) is 0 Å². The number of halogens is 2. The van der Waals surface area contributed by atoms with Gasteiger partial charge in [0.1, 0.15) is 18.5 Å². The van der Waals surface area contributed by atoms with Gasteiger partial charge >= 0.3 is 0 Å². The van der Waals surface area contributed by atoms with Gasteiger partial charge in [-0.3, -0.25) is 0 Å². The van der Waals surface area contributed by atoms with Crippen LogP contribution in [0.15, 0.2) is 54.6 Å². The molecule has 0 N–H and O–H groups in total. The Morgan fingerprint density at radius 1 is 0.833 bits per heavy atom. The van der Waals surface area contributed by atoms with E-state index < -0.39 is 23.1 Å². The number of hydrogen-bond acceptors (Lipinski definition) is 6. The average Bonchev–Trinajstić information content (AvgIpc) is 3.42. The first-order valence-corrected chi connectivity index (χ1v) is 16.5. The Kier molecular flexibility index (Phi) is 6.38. The van der Waals surface area contributed by atoms with Gasteiger partial charge in [-0.2, -0.15) is 0 Å². The third-order valence-corrected chi connectivity index (χ3v) is 11.0. The number of carbonyl (C=O) groups excluding carboxylic acids is 2. The summed E-state index contributed by atoms with van der Waals surface area (Å²) in [4.78, 5) is 27.8. The molecule has 0 spiro atoms. The maximum absolute atomic E-state index is 13.1. The molecule has 0 aliphatic carbocycles. The summed E-state index contributed by atoms with van der Waals surface area (Å²) in [5.41, 5.74) is 2.40. The molecule has 0 aromatic heterocycles. The van der Waals surface area contributed by atoms with Crippen molar-refractivity contribution in [2.24, 2.45) is 0 Å². The second-order valence-electron chi connectivity index (χ2n) is 14.4. The summed E-state index contributed by atoms with van der Waals surface area (Å²) in [7, 11) is 4.12. The second kappa shape index (κ2) is 9.97. The molecule has 3 aliphatic rings. The number of aromatic carboxylic acids is 2. The average molecular weight is 679 g/mol. The summed E-state index contributed by atoms with van der Waals surface area (Å²) in [5.74, 6) is -2.00. The van der Waals surface area contributed by atoms with Crippen molar-refractivity contribution in [1.29, 1.82) is 0 Å². The van der Waals surface area contributed by atoms with Crippen LogP contribution in [0.3, 0.4) is 0 Å². The summed E-state index contributed by atoms with van der Waals surface area (Å²) in [6.45, 7) is 10.1. The van der Waals surface area contributed by atoms with Crippen molar-refractivity contribution in [3.63, 3.8) is 0 Å². The maximum Gasteiger partial charge on any atom is 0.215 e. The SMILES string of the molecule is CN1CC(C)(C)c2c3c(c4ccccc4c21)C(c1c(Cl)c(C(=O)[O-])cc(Cl)c1C(=O)[O-])=c1c(c2c(c4ccccc14)=[N+](C)CC2(C)C)O3. The molecule has 3 aliphatic heterocycles. The quantitative estimate of drug-likeness (QED) is 0.256. The number of nitrogens with zero attached hydrogens (tertiary/aromatic N) is 2. The van der Waals surface area contributed by atoms with E-state index in [9.17, 15) is 19.8 Å². The van der Waals surface area contributed by atoms with E-state index in [1.54, 1.807) is 0 Å². The van der Waals surface area contributed by atoms with E-state index in [4.69, 9.17) is 27.9 Å². The normalized spacial score (nSPS) is 16.9. The number of fused-ring (bicyclic) bond motifs is 12. The van der Waals surface area contributed by atoms with Crippen LogP contribution in [0.2, 0.25) is 10.0 Å². The summed E-state index contributed by atoms with van der Waals surface area (Å²) in [6.07, 6.45) is 0. The van der Waals surface area contributed by atoms with Crippen LogP contribution < -0.4 is 35.0 Å². The van der Waals surface area contributed by atoms with Gasteiger partial charge < -0.3 is 29.4 Å². The van der Waals surface area contributed by atoms with Crippen LogP contribution in [0.4, 0.5) is 5.69 Å². The molecule has 0 bridgehead atoms. The fraction of sp³-hybridized carbons (Fsp3) is 0.256. The standard InChI is InChI=1S/C39H32Cl2N2O5/c1-38(2)16-42(5)32-20-13-9-7-11-18(20)24-27(28-26(37(46)47)23(40)15-22(31(28)41)36(44)45)25-19-12-8-10-14-21(19)33-30(39(3,4)17-43(33)6)35(25)48-34(24)29(32)38/h7-15H,16-17H2,1-6H3,(H-,44,45,46,47)/p-1. The number of ether oxygens (including phenoxy) is 1. The molecule has 48 heavy (non-hydrogen) atoms. The van der Waals surface area contributed by atoms with Crippen molar-refractivity contribution in [1.82, 2.24) is 4.58 Å². The first-order chi connectivity index (χ1) is 22.7. The summed E-state index contributed by atoms with van der Waals surface area (Å²) >= 11 is 13.7. The third-order valence-electron chi connectivity index (χ3n) is 10.3. The predicted octanol–water partition coefficient (Wildman–Crippen LogP) is 4.52. The Balaban J connectivity index is 1.77. The van der Waals surface area contributed by atoms with Crippen LogP contribution in [-0.2, 0) is 10.8 Å². The molecule has 0 atom stereocenters. The summed E-state index contributed by atoms with van der Waals surface area (Å²) in [6, 6.07) is 16.9. The highest BCUT2D eigenvalue weighted by atomic mass is 35.5. The molecule has 5 aromatic rings. The molecule has 9 heteroatoms. The molecule has 7 nitrogen and oxygen atoms in total. The lowest BCUT2D eigenvalue weighted by Crippen LogP contribution is -2.33. The summed E-state index contributed by atoms with van der Waals surface area (Å²) in [5, 5.41) is 30.1. The number of hydrogen-bond donors (Lipinski definition) is 0. The van der Waals surface area contributed by atoms with Crippen molar-refractivity contribution in [3.8, 4) is 11.5 Å². The first kappa shape index (κ1) is 30.7. The van der Waals surface area contributed by atoms with Crippen LogP contribution in [0, 0.1) is 0 Å². The highest BCUT2D eigenvalue weighted by Gasteiger charge is 2.46. The highest BCUT2D eigenvalue weighted by Crippen LogP contribution is 2.57. The molecule has 0 unspecified atom stereocenters. The van der Waals surface area contributed by atoms with E-state index in [1.807, 2.05) is 48.5 Å². The Labute approximate surface area is 286 Å². The second-order valence-corrected chi connectivity index (χ2v) is 15.2. The lowest BCUT2D eigenvalue weighted by molar-refractivity contribution is -0.256. The molecule has 3 heterocycles. The lowest BCUT2D eigenvalue weighted by atomic mass is 9.77. The number of rotatable bonds is 3. The molecule has 0 radical (unpaired) electrons. The molecule has 0 fully saturated rings. The largest absolute Gasteiger partial charge is 0.545 e. The van der Waals surface area contributed by atoms with Gasteiger partial charge in [0.25, 0.3) is 0 Å². The van der Waals surface area contributed by atoms with Gasteiger partial charge in [0.2, 0.25) is 5.36 Å². The van der Waals surface area contributed by atoms with Gasteiger partial charge in [-0.15, -0.1) is 0 Å². The fourth-order valence-electron chi connectivity index (χ4n) is 8.73.